The molecule has 0 fully saturated rings. The molecule has 0 heterocycles. The molecule has 25 heavy (non-hydrogen) atoms. The summed E-state index contributed by atoms with van der Waals surface area (Å²) in [6.07, 6.45) is 0. The van der Waals surface area contributed by atoms with Crippen molar-refractivity contribution in [3.63, 3.8) is 0 Å². The second-order valence-electron chi connectivity index (χ2n) is 8.53. The Morgan fingerprint density at radius 1 is 0.800 bits per heavy atom. The van der Waals surface area contributed by atoms with E-state index in [2.05, 4.69) is 39.3 Å². The zero-order valence-corrected chi connectivity index (χ0v) is 19.0. The Morgan fingerprint density at radius 2 is 1.36 bits per heavy atom. The summed E-state index contributed by atoms with van der Waals surface area (Å²) in [5.41, 5.74) is 1.07. The van der Waals surface area contributed by atoms with E-state index in [9.17, 15) is 8.42 Å². The maximum absolute atomic E-state index is 13.1. The fraction of sp³-hybridized carbons (Fsp3) is 0.368. The average molecular weight is 393 g/mol. The normalized spacial score (nSPS) is 12.9. The van der Waals surface area contributed by atoms with Crippen LogP contribution in [0.3, 0.4) is 0 Å². The van der Waals surface area contributed by atoms with Crippen LogP contribution in [0.2, 0.25) is 39.3 Å². The number of hydrogen-bond donors (Lipinski definition) is 0. The molecule has 0 spiro atoms. The van der Waals surface area contributed by atoms with Crippen LogP contribution in [0.4, 0.5) is 0 Å². The zero-order chi connectivity index (χ0) is 19.0. The van der Waals surface area contributed by atoms with Crippen LogP contribution in [0.5, 0.6) is 5.75 Å². The summed E-state index contributed by atoms with van der Waals surface area (Å²) < 4.78 is 31.8. The van der Waals surface area contributed by atoms with Gasteiger partial charge in [0.05, 0.1) is 16.1 Å². The third-order valence-corrected chi connectivity index (χ3v) is 9.64. The highest BCUT2D eigenvalue weighted by molar-refractivity contribution is 7.87. The molecule has 2 aromatic rings. The molecular formula is C19H28O3SSi2. The molecule has 6 heteroatoms. The lowest BCUT2D eigenvalue weighted by atomic mass is 10.2. The van der Waals surface area contributed by atoms with Crippen LogP contribution in [0.25, 0.3) is 0 Å². The van der Waals surface area contributed by atoms with Crippen molar-refractivity contribution in [2.45, 2.75) is 51.1 Å². The van der Waals surface area contributed by atoms with Gasteiger partial charge in [-0.1, -0.05) is 75.2 Å². The number of rotatable bonds is 5. The van der Waals surface area contributed by atoms with Gasteiger partial charge in [0.1, 0.15) is 10.6 Å². The van der Waals surface area contributed by atoms with Gasteiger partial charge in [-0.25, -0.2) is 0 Å². The summed E-state index contributed by atoms with van der Waals surface area (Å²) in [7, 11) is -7.43. The van der Waals surface area contributed by atoms with Crippen molar-refractivity contribution in [1.82, 2.24) is 0 Å². The van der Waals surface area contributed by atoms with Gasteiger partial charge in [0.15, 0.2) is 0 Å². The molecule has 0 atom stereocenters. The van der Waals surface area contributed by atoms with E-state index in [4.69, 9.17) is 4.18 Å². The van der Waals surface area contributed by atoms with Gasteiger partial charge in [-0.05, 0) is 29.4 Å². The van der Waals surface area contributed by atoms with E-state index in [0.717, 1.165) is 15.9 Å². The monoisotopic (exact) mass is 392 g/mol. The first kappa shape index (κ1) is 19.9. The molecule has 0 saturated carbocycles. The molecule has 0 N–H and O–H groups in total. The molecule has 2 rings (SSSR count). The maximum Gasteiger partial charge on any atom is 0.339 e. The lowest BCUT2D eigenvalue weighted by molar-refractivity contribution is 0.488. The topological polar surface area (TPSA) is 43.4 Å². The largest absolute Gasteiger partial charge is 0.379 e. The molecule has 0 saturated heterocycles. The van der Waals surface area contributed by atoms with Gasteiger partial charge in [0.25, 0.3) is 0 Å². The van der Waals surface area contributed by atoms with E-state index in [-0.39, 0.29) is 0 Å². The van der Waals surface area contributed by atoms with Crippen LogP contribution in [0.15, 0.2) is 47.4 Å². The minimum atomic E-state index is -3.87. The van der Waals surface area contributed by atoms with Gasteiger partial charge in [-0.15, -0.1) is 0 Å². The Balaban J connectivity index is 2.57. The highest BCUT2D eigenvalue weighted by Crippen LogP contribution is 2.21. The first-order valence-corrected chi connectivity index (χ1v) is 16.9. The fourth-order valence-corrected chi connectivity index (χ4v) is 8.12. The SMILES string of the molecule is Cc1ccc(S(=O)(=O)Oc2ccccc2[Si](C)(C)C)c([Si](C)(C)C)c1. The second kappa shape index (κ2) is 6.74. The quantitative estimate of drug-likeness (QED) is 0.573. The molecular weight excluding hydrogens is 364 g/mol. The summed E-state index contributed by atoms with van der Waals surface area (Å²) in [5.74, 6) is 0.462. The summed E-state index contributed by atoms with van der Waals surface area (Å²) >= 11 is 0. The molecule has 0 aliphatic rings. The number of hydrogen-bond acceptors (Lipinski definition) is 3. The van der Waals surface area contributed by atoms with Gasteiger partial charge < -0.3 is 4.18 Å². The number of benzene rings is 2. The van der Waals surface area contributed by atoms with Crippen LogP contribution in [0, 0.1) is 6.92 Å². The predicted octanol–water partition coefficient (Wildman–Crippen LogP) is 3.85. The molecule has 0 amide bonds. The number of para-hydroxylation sites is 1. The maximum atomic E-state index is 13.1. The van der Waals surface area contributed by atoms with E-state index in [0.29, 0.717) is 10.6 Å². The lowest BCUT2D eigenvalue weighted by Crippen LogP contribution is -2.42. The Morgan fingerprint density at radius 3 is 1.92 bits per heavy atom. The van der Waals surface area contributed by atoms with Crippen molar-refractivity contribution in [2.24, 2.45) is 0 Å². The van der Waals surface area contributed by atoms with Crippen molar-refractivity contribution < 1.29 is 12.6 Å². The molecule has 136 valence electrons. The molecule has 0 aliphatic carbocycles. The van der Waals surface area contributed by atoms with Crippen LogP contribution < -0.4 is 14.6 Å². The van der Waals surface area contributed by atoms with Gasteiger partial charge in [-0.2, -0.15) is 8.42 Å². The molecule has 0 aromatic heterocycles. The summed E-state index contributed by atoms with van der Waals surface area (Å²) in [5, 5.41) is 1.93. The van der Waals surface area contributed by atoms with Crippen molar-refractivity contribution in [1.29, 1.82) is 0 Å². The van der Waals surface area contributed by atoms with Gasteiger partial charge in [0, 0.05) is 0 Å². The first-order valence-electron chi connectivity index (χ1n) is 8.47. The lowest BCUT2D eigenvalue weighted by Gasteiger charge is -2.23. The Kier molecular flexibility index (Phi) is 5.37. The second-order valence-corrected chi connectivity index (χ2v) is 20.1. The van der Waals surface area contributed by atoms with Crippen molar-refractivity contribution in [3.05, 3.63) is 48.0 Å². The summed E-state index contributed by atoms with van der Waals surface area (Å²) in [4.78, 5) is 0.308. The van der Waals surface area contributed by atoms with Crippen molar-refractivity contribution in [2.75, 3.05) is 0 Å². The smallest absolute Gasteiger partial charge is 0.339 e. The minimum Gasteiger partial charge on any atom is -0.379 e. The van der Waals surface area contributed by atoms with Crippen molar-refractivity contribution in [3.8, 4) is 5.75 Å². The Bertz CT molecular complexity index is 876. The zero-order valence-electron chi connectivity index (χ0n) is 16.2. The molecule has 0 radical (unpaired) electrons. The van der Waals surface area contributed by atoms with Gasteiger partial charge in [0.2, 0.25) is 0 Å². The summed E-state index contributed by atoms with van der Waals surface area (Å²) in [6, 6.07) is 13.0. The molecule has 0 unspecified atom stereocenters. The van der Waals surface area contributed by atoms with E-state index < -0.39 is 26.3 Å². The van der Waals surface area contributed by atoms with E-state index >= 15 is 0 Å². The van der Waals surface area contributed by atoms with Crippen molar-refractivity contribution >= 4 is 36.6 Å². The van der Waals surface area contributed by atoms with E-state index in [1.54, 1.807) is 12.1 Å². The average Bonchev–Trinajstić information content (AvgIpc) is 2.45. The van der Waals surface area contributed by atoms with Crippen LogP contribution >= 0.6 is 0 Å². The van der Waals surface area contributed by atoms with E-state index in [1.807, 2.05) is 37.3 Å². The third-order valence-electron chi connectivity index (χ3n) is 4.11. The summed E-state index contributed by atoms with van der Waals surface area (Å²) in [6.45, 7) is 15.0. The number of aryl methyl sites for hydroxylation is 1. The molecule has 3 nitrogen and oxygen atoms in total. The molecule has 0 bridgehead atoms. The van der Waals surface area contributed by atoms with Gasteiger partial charge >= 0.3 is 10.1 Å². The Labute approximate surface area is 154 Å². The third kappa shape index (κ3) is 4.62. The molecule has 2 aromatic carbocycles. The molecule has 0 aliphatic heterocycles. The van der Waals surface area contributed by atoms with Crippen LogP contribution in [0.1, 0.15) is 5.56 Å². The minimum absolute atomic E-state index is 0.308. The highest BCUT2D eigenvalue weighted by atomic mass is 32.2. The van der Waals surface area contributed by atoms with Gasteiger partial charge in [-0.3, -0.25) is 0 Å². The Hall–Kier alpha value is -1.38. The first-order chi connectivity index (χ1) is 11.3. The standard InChI is InChI=1S/C19H28O3SSi2/c1-15-12-13-17(19(14-15)25(5,6)7)23(20,21)22-16-10-8-9-11-18(16)24(2,3)4/h8-14H,1-7H3. The highest BCUT2D eigenvalue weighted by Gasteiger charge is 2.30. The van der Waals surface area contributed by atoms with Crippen LogP contribution in [-0.2, 0) is 10.1 Å². The predicted molar refractivity (Wildman–Crippen MR) is 111 cm³/mol. The van der Waals surface area contributed by atoms with E-state index in [1.165, 1.54) is 0 Å². The van der Waals surface area contributed by atoms with Crippen LogP contribution in [-0.4, -0.2) is 24.6 Å². The fourth-order valence-electron chi connectivity index (χ4n) is 2.77.